The van der Waals surface area contributed by atoms with Crippen molar-refractivity contribution in [3.63, 3.8) is 0 Å². The molecule has 0 unspecified atom stereocenters. The van der Waals surface area contributed by atoms with Crippen LogP contribution in [-0.4, -0.2) is 43.4 Å². The summed E-state index contributed by atoms with van der Waals surface area (Å²) in [6, 6.07) is 3.39. The first-order valence-corrected chi connectivity index (χ1v) is 7.84. The van der Waals surface area contributed by atoms with Crippen molar-refractivity contribution >= 4 is 27.5 Å². The highest BCUT2D eigenvalue weighted by Crippen LogP contribution is 2.25. The van der Waals surface area contributed by atoms with E-state index in [1.165, 1.54) is 12.1 Å². The Morgan fingerprint density at radius 1 is 1.18 bits per heavy atom. The molecule has 0 aromatic heterocycles. The van der Waals surface area contributed by atoms with Gasteiger partial charge in [-0.1, -0.05) is 0 Å². The molecule has 10 heteroatoms. The molecule has 0 saturated carbocycles. The van der Waals surface area contributed by atoms with E-state index in [0.717, 1.165) is 17.3 Å². The third-order valence-corrected chi connectivity index (χ3v) is 4.29. The summed E-state index contributed by atoms with van der Waals surface area (Å²) in [5, 5.41) is 19.2. The van der Waals surface area contributed by atoms with Crippen LogP contribution >= 0.6 is 0 Å². The van der Waals surface area contributed by atoms with Crippen LogP contribution < -0.4 is 16.2 Å². The Labute approximate surface area is 125 Å². The molecule has 0 saturated heterocycles. The molecule has 0 radical (unpaired) electrons. The summed E-state index contributed by atoms with van der Waals surface area (Å²) in [6.07, 6.45) is 0.997. The minimum absolute atomic E-state index is 0.0508. The second-order valence-electron chi connectivity index (χ2n) is 4.63. The van der Waals surface area contributed by atoms with Gasteiger partial charge in [-0.15, -0.1) is 0 Å². The Hall–Kier alpha value is -2.59. The zero-order chi connectivity index (χ0) is 16.7. The minimum atomic E-state index is -3.53. The van der Waals surface area contributed by atoms with E-state index in [-0.39, 0.29) is 34.1 Å². The highest BCUT2D eigenvalue weighted by molar-refractivity contribution is 7.94. The van der Waals surface area contributed by atoms with Crippen LogP contribution in [0.5, 0.6) is 0 Å². The van der Waals surface area contributed by atoms with Gasteiger partial charge in [0.15, 0.2) is 9.84 Å². The summed E-state index contributed by atoms with van der Waals surface area (Å²) in [7, 11) is -3.53. The van der Waals surface area contributed by atoms with Crippen LogP contribution in [-0.2, 0) is 9.84 Å². The third-order valence-electron chi connectivity index (χ3n) is 3.04. The first kappa shape index (κ1) is 15.8. The number of aromatic carboxylic acids is 2. The van der Waals surface area contributed by atoms with Crippen LogP contribution in [0.4, 0.5) is 5.69 Å². The lowest BCUT2D eigenvalue weighted by Gasteiger charge is -2.20. The number of nitrogens with zero attached hydrogens (tertiary/aromatic N) is 1. The lowest BCUT2D eigenvalue weighted by molar-refractivity contribution is 0.0696. The molecule has 1 aromatic rings. The van der Waals surface area contributed by atoms with Gasteiger partial charge >= 0.3 is 11.9 Å². The quantitative estimate of drug-likeness (QED) is 0.578. The maximum Gasteiger partial charge on any atom is 0.335 e. The van der Waals surface area contributed by atoms with E-state index in [9.17, 15) is 18.0 Å². The first-order valence-electron chi connectivity index (χ1n) is 5.95. The minimum Gasteiger partial charge on any atom is -0.478 e. The Balaban J connectivity index is 2.56. The SMILES string of the molecule is CS(=O)(=O)C1=C(N)N(c2cc(C(=O)O)cc(C(=O)O)c2)NC1. The second-order valence-corrected chi connectivity index (χ2v) is 6.67. The fourth-order valence-corrected chi connectivity index (χ4v) is 2.79. The molecule has 22 heavy (non-hydrogen) atoms. The molecule has 0 amide bonds. The van der Waals surface area contributed by atoms with E-state index >= 15 is 0 Å². The van der Waals surface area contributed by atoms with Crippen LogP contribution in [0.3, 0.4) is 0 Å². The van der Waals surface area contributed by atoms with Crippen LogP contribution in [0.15, 0.2) is 28.9 Å². The average Bonchev–Trinajstić information content (AvgIpc) is 2.79. The molecule has 0 aliphatic carbocycles. The predicted octanol–water partition coefficient (Wildman–Crippen LogP) is -0.420. The van der Waals surface area contributed by atoms with Gasteiger partial charge in [0.25, 0.3) is 0 Å². The van der Waals surface area contributed by atoms with Crippen molar-refractivity contribution in [3.05, 3.63) is 40.1 Å². The monoisotopic (exact) mass is 327 g/mol. The van der Waals surface area contributed by atoms with Gasteiger partial charge < -0.3 is 15.9 Å². The zero-order valence-corrected chi connectivity index (χ0v) is 12.2. The van der Waals surface area contributed by atoms with E-state index in [1.807, 2.05) is 0 Å². The fraction of sp³-hybridized carbons (Fsp3) is 0.167. The summed E-state index contributed by atoms with van der Waals surface area (Å²) in [5.41, 5.74) is 8.06. The lowest BCUT2D eigenvalue weighted by Crippen LogP contribution is -2.34. The van der Waals surface area contributed by atoms with Crippen molar-refractivity contribution in [3.8, 4) is 0 Å². The summed E-state index contributed by atoms with van der Waals surface area (Å²) in [5.74, 6) is -2.75. The number of benzene rings is 1. The topological polar surface area (TPSA) is 150 Å². The Kier molecular flexibility index (Phi) is 3.81. The van der Waals surface area contributed by atoms with Gasteiger partial charge in [-0.25, -0.2) is 23.4 Å². The number of hydrazine groups is 1. The van der Waals surface area contributed by atoms with Crippen molar-refractivity contribution in [2.45, 2.75) is 0 Å². The molecule has 9 nitrogen and oxygen atoms in total. The molecule has 0 spiro atoms. The van der Waals surface area contributed by atoms with Gasteiger partial charge in [-0.3, -0.25) is 5.01 Å². The van der Waals surface area contributed by atoms with Gasteiger partial charge in [0.05, 0.1) is 23.4 Å². The van der Waals surface area contributed by atoms with Gasteiger partial charge in [0.1, 0.15) is 10.7 Å². The molecule has 1 aromatic carbocycles. The number of sulfone groups is 1. The first-order chi connectivity index (χ1) is 10.1. The van der Waals surface area contributed by atoms with E-state index in [1.54, 1.807) is 0 Å². The van der Waals surface area contributed by atoms with Crippen molar-refractivity contribution in [2.24, 2.45) is 5.73 Å². The van der Waals surface area contributed by atoms with E-state index in [2.05, 4.69) is 5.43 Å². The maximum atomic E-state index is 11.6. The standard InChI is InChI=1S/C12H13N3O6S/c1-22(20,21)9-5-14-15(10(9)13)8-3-6(11(16)17)2-7(4-8)12(18)19/h2-4,14H,5,13H2,1H3,(H,16,17)(H,18,19). The maximum absolute atomic E-state index is 11.6. The average molecular weight is 327 g/mol. The number of anilines is 1. The summed E-state index contributed by atoms with van der Waals surface area (Å²) < 4.78 is 23.2. The molecule has 1 heterocycles. The number of carbonyl (C=O) groups is 2. The molecular formula is C12H13N3O6S. The largest absolute Gasteiger partial charge is 0.478 e. The zero-order valence-electron chi connectivity index (χ0n) is 11.4. The van der Waals surface area contributed by atoms with Gasteiger partial charge in [0.2, 0.25) is 0 Å². The molecule has 0 atom stereocenters. The smallest absolute Gasteiger partial charge is 0.335 e. The van der Waals surface area contributed by atoms with Gasteiger partial charge in [-0.05, 0) is 18.2 Å². The summed E-state index contributed by atoms with van der Waals surface area (Å²) in [6.45, 7) is -0.0651. The number of nitrogens with two attached hydrogens (primary N) is 1. The van der Waals surface area contributed by atoms with Crippen LogP contribution in [0.1, 0.15) is 20.7 Å². The molecule has 5 N–H and O–H groups in total. The molecule has 1 aliphatic rings. The molecule has 2 rings (SSSR count). The highest BCUT2D eigenvalue weighted by Gasteiger charge is 2.28. The van der Waals surface area contributed by atoms with Gasteiger partial charge in [-0.2, -0.15) is 0 Å². The summed E-state index contributed by atoms with van der Waals surface area (Å²) >= 11 is 0. The summed E-state index contributed by atoms with van der Waals surface area (Å²) in [4.78, 5) is 22.1. The molecule has 1 aliphatic heterocycles. The Morgan fingerprint density at radius 3 is 2.05 bits per heavy atom. The number of carboxylic acids is 2. The van der Waals surface area contributed by atoms with Gasteiger partial charge in [0, 0.05) is 6.26 Å². The predicted molar refractivity (Wildman–Crippen MR) is 76.9 cm³/mol. The molecule has 0 bridgehead atoms. The van der Waals surface area contributed by atoms with E-state index < -0.39 is 21.8 Å². The van der Waals surface area contributed by atoms with Crippen LogP contribution in [0.2, 0.25) is 0 Å². The van der Waals surface area contributed by atoms with Crippen molar-refractivity contribution in [2.75, 3.05) is 17.8 Å². The van der Waals surface area contributed by atoms with Crippen molar-refractivity contribution < 1.29 is 28.2 Å². The van der Waals surface area contributed by atoms with E-state index in [4.69, 9.17) is 15.9 Å². The van der Waals surface area contributed by atoms with Crippen molar-refractivity contribution in [1.29, 1.82) is 0 Å². The number of carboxylic acid groups (broad SMARTS) is 2. The van der Waals surface area contributed by atoms with Crippen molar-refractivity contribution in [1.82, 2.24) is 5.43 Å². The highest BCUT2D eigenvalue weighted by atomic mass is 32.2. The fourth-order valence-electron chi connectivity index (χ4n) is 1.99. The number of rotatable bonds is 4. The molecule has 0 fully saturated rings. The van der Waals surface area contributed by atoms with Crippen LogP contribution in [0.25, 0.3) is 0 Å². The third kappa shape index (κ3) is 2.87. The number of hydrogen-bond acceptors (Lipinski definition) is 7. The Morgan fingerprint density at radius 2 is 1.68 bits per heavy atom. The van der Waals surface area contributed by atoms with Crippen LogP contribution in [0, 0.1) is 0 Å². The second kappa shape index (κ2) is 5.31. The molecule has 118 valence electrons. The number of hydrogen-bond donors (Lipinski definition) is 4. The lowest BCUT2D eigenvalue weighted by atomic mass is 10.1. The van der Waals surface area contributed by atoms with E-state index in [0.29, 0.717) is 0 Å². The normalized spacial score (nSPS) is 15.2. The molecular weight excluding hydrogens is 314 g/mol. The Bertz CT molecular complexity index is 767. The number of nitrogens with one attached hydrogen (secondary N) is 1.